The van der Waals surface area contributed by atoms with Gasteiger partial charge < -0.3 is 10.6 Å². The van der Waals surface area contributed by atoms with Gasteiger partial charge in [0.15, 0.2) is 0 Å². The Bertz CT molecular complexity index is 831. The molecule has 3 aromatic rings. The van der Waals surface area contributed by atoms with Gasteiger partial charge in [0.25, 0.3) is 5.91 Å². The van der Waals surface area contributed by atoms with Gasteiger partial charge in [0.2, 0.25) is 0 Å². The Morgan fingerprint density at radius 2 is 1.79 bits per heavy atom. The maximum absolute atomic E-state index is 12.4. The third kappa shape index (κ3) is 3.86. The number of carbonyl (C=O) groups is 1. The number of benzene rings is 2. The molecule has 120 valence electrons. The van der Waals surface area contributed by atoms with Crippen LogP contribution in [0, 0.1) is 0 Å². The summed E-state index contributed by atoms with van der Waals surface area (Å²) in [6.07, 6.45) is 3.30. The average Bonchev–Trinajstić information content (AvgIpc) is 2.63. The van der Waals surface area contributed by atoms with E-state index in [1.165, 1.54) is 5.56 Å². The number of pyridine rings is 1. The van der Waals surface area contributed by atoms with Gasteiger partial charge in [0.1, 0.15) is 0 Å². The highest BCUT2D eigenvalue weighted by Gasteiger charge is 2.08. The van der Waals surface area contributed by atoms with Crippen molar-refractivity contribution in [3.05, 3.63) is 84.2 Å². The van der Waals surface area contributed by atoms with Gasteiger partial charge >= 0.3 is 0 Å². The normalized spacial score (nSPS) is 10.4. The monoisotopic (exact) mass is 317 g/mol. The second kappa shape index (κ2) is 7.53. The Labute approximate surface area is 141 Å². The lowest BCUT2D eigenvalue weighted by Crippen LogP contribution is -2.11. The fourth-order valence-electron chi connectivity index (χ4n) is 2.54. The minimum atomic E-state index is -0.142. The van der Waals surface area contributed by atoms with Gasteiger partial charge in [-0.25, -0.2) is 0 Å². The van der Waals surface area contributed by atoms with E-state index in [0.29, 0.717) is 11.3 Å². The second-order valence-electron chi connectivity index (χ2n) is 5.51. The lowest BCUT2D eigenvalue weighted by atomic mass is 10.0. The van der Waals surface area contributed by atoms with E-state index in [2.05, 4.69) is 33.8 Å². The molecule has 0 aliphatic rings. The Morgan fingerprint density at radius 3 is 2.54 bits per heavy atom. The molecule has 0 unspecified atom stereocenters. The SMILES string of the molecule is CNCc1cccc(-c2cccc(C(=O)Nc3cccnc3)c2)c1. The van der Waals surface area contributed by atoms with Crippen molar-refractivity contribution in [2.75, 3.05) is 12.4 Å². The minimum Gasteiger partial charge on any atom is -0.321 e. The van der Waals surface area contributed by atoms with Crippen molar-refractivity contribution in [1.29, 1.82) is 0 Å². The molecule has 0 aliphatic heterocycles. The number of rotatable bonds is 5. The van der Waals surface area contributed by atoms with E-state index in [9.17, 15) is 4.79 Å². The number of nitrogens with one attached hydrogen (secondary N) is 2. The zero-order valence-corrected chi connectivity index (χ0v) is 13.5. The third-order valence-electron chi connectivity index (χ3n) is 3.69. The summed E-state index contributed by atoms with van der Waals surface area (Å²) in [4.78, 5) is 16.4. The Kier molecular flexibility index (Phi) is 4.99. The standard InChI is InChI=1S/C20H19N3O/c1-21-13-15-5-2-6-16(11-15)17-7-3-8-18(12-17)20(24)23-19-9-4-10-22-14-19/h2-12,14,21H,13H2,1H3,(H,23,24). The molecule has 0 bridgehead atoms. The van der Waals surface area contributed by atoms with E-state index < -0.39 is 0 Å². The lowest BCUT2D eigenvalue weighted by molar-refractivity contribution is 0.102. The molecule has 1 aromatic heterocycles. The van der Waals surface area contributed by atoms with E-state index in [1.807, 2.05) is 43.4 Å². The molecule has 0 saturated heterocycles. The number of nitrogens with zero attached hydrogens (tertiary/aromatic N) is 1. The first kappa shape index (κ1) is 15.9. The predicted molar refractivity (Wildman–Crippen MR) is 96.8 cm³/mol. The summed E-state index contributed by atoms with van der Waals surface area (Å²) in [6.45, 7) is 0.815. The number of amides is 1. The third-order valence-corrected chi connectivity index (χ3v) is 3.69. The topological polar surface area (TPSA) is 54.0 Å². The molecule has 0 fully saturated rings. The molecule has 1 amide bonds. The van der Waals surface area contributed by atoms with Crippen LogP contribution in [0.3, 0.4) is 0 Å². The van der Waals surface area contributed by atoms with E-state index in [0.717, 1.165) is 17.7 Å². The first-order valence-electron chi connectivity index (χ1n) is 7.81. The number of hydrogen-bond acceptors (Lipinski definition) is 3. The second-order valence-corrected chi connectivity index (χ2v) is 5.51. The molecule has 24 heavy (non-hydrogen) atoms. The summed E-state index contributed by atoms with van der Waals surface area (Å²) in [5.74, 6) is -0.142. The quantitative estimate of drug-likeness (QED) is 0.754. The van der Waals surface area contributed by atoms with Crippen molar-refractivity contribution in [3.63, 3.8) is 0 Å². The Balaban J connectivity index is 1.83. The van der Waals surface area contributed by atoms with Crippen LogP contribution in [0.15, 0.2) is 73.1 Å². The van der Waals surface area contributed by atoms with E-state index in [4.69, 9.17) is 0 Å². The molecule has 2 N–H and O–H groups in total. The summed E-state index contributed by atoms with van der Waals surface area (Å²) in [7, 11) is 1.93. The van der Waals surface area contributed by atoms with Gasteiger partial charge in [0.05, 0.1) is 11.9 Å². The van der Waals surface area contributed by atoms with Crippen LogP contribution >= 0.6 is 0 Å². The highest BCUT2D eigenvalue weighted by Crippen LogP contribution is 2.22. The minimum absolute atomic E-state index is 0.142. The van der Waals surface area contributed by atoms with Crippen LogP contribution in [-0.4, -0.2) is 17.9 Å². The van der Waals surface area contributed by atoms with Crippen molar-refractivity contribution in [1.82, 2.24) is 10.3 Å². The first-order valence-corrected chi connectivity index (χ1v) is 7.81. The van der Waals surface area contributed by atoms with Crippen LogP contribution in [0.25, 0.3) is 11.1 Å². The van der Waals surface area contributed by atoms with E-state index in [1.54, 1.807) is 18.5 Å². The summed E-state index contributed by atoms with van der Waals surface area (Å²) in [5, 5.41) is 6.01. The molecule has 2 aromatic carbocycles. The molecule has 0 saturated carbocycles. The fraction of sp³-hybridized carbons (Fsp3) is 0.100. The van der Waals surface area contributed by atoms with Gasteiger partial charge in [0, 0.05) is 18.3 Å². The van der Waals surface area contributed by atoms with Crippen LogP contribution in [0.1, 0.15) is 15.9 Å². The highest BCUT2D eigenvalue weighted by atomic mass is 16.1. The summed E-state index contributed by atoms with van der Waals surface area (Å²) in [5.41, 5.74) is 4.63. The maximum atomic E-state index is 12.4. The molecule has 0 spiro atoms. The average molecular weight is 317 g/mol. The predicted octanol–water partition coefficient (Wildman–Crippen LogP) is 3.72. The molecule has 0 atom stereocenters. The van der Waals surface area contributed by atoms with E-state index >= 15 is 0 Å². The molecule has 4 heteroatoms. The van der Waals surface area contributed by atoms with Crippen LogP contribution in [0.4, 0.5) is 5.69 Å². The summed E-state index contributed by atoms with van der Waals surface area (Å²) >= 11 is 0. The number of anilines is 1. The molecular weight excluding hydrogens is 298 g/mol. The smallest absolute Gasteiger partial charge is 0.255 e. The first-order chi connectivity index (χ1) is 11.8. The van der Waals surface area contributed by atoms with Gasteiger partial charge in [-0.3, -0.25) is 9.78 Å². The highest BCUT2D eigenvalue weighted by molar-refractivity contribution is 6.04. The van der Waals surface area contributed by atoms with Gasteiger partial charge in [-0.05, 0) is 54.1 Å². The van der Waals surface area contributed by atoms with Crippen molar-refractivity contribution >= 4 is 11.6 Å². The van der Waals surface area contributed by atoms with Crippen LogP contribution in [0.2, 0.25) is 0 Å². The molecular formula is C20H19N3O. The Morgan fingerprint density at radius 1 is 1.00 bits per heavy atom. The number of carbonyl (C=O) groups excluding carboxylic acids is 1. The molecule has 0 aliphatic carbocycles. The van der Waals surface area contributed by atoms with Crippen LogP contribution < -0.4 is 10.6 Å². The van der Waals surface area contributed by atoms with Crippen molar-refractivity contribution < 1.29 is 4.79 Å². The lowest BCUT2D eigenvalue weighted by Gasteiger charge is -2.08. The van der Waals surface area contributed by atoms with Crippen LogP contribution in [0.5, 0.6) is 0 Å². The van der Waals surface area contributed by atoms with Crippen LogP contribution in [-0.2, 0) is 6.54 Å². The number of hydrogen-bond donors (Lipinski definition) is 2. The molecule has 3 rings (SSSR count). The number of aromatic nitrogens is 1. The maximum Gasteiger partial charge on any atom is 0.255 e. The van der Waals surface area contributed by atoms with Gasteiger partial charge in [-0.15, -0.1) is 0 Å². The molecule has 1 heterocycles. The molecule has 4 nitrogen and oxygen atoms in total. The van der Waals surface area contributed by atoms with Gasteiger partial charge in [-0.1, -0.05) is 30.3 Å². The molecule has 0 radical (unpaired) electrons. The summed E-state index contributed by atoms with van der Waals surface area (Å²) in [6, 6.07) is 19.5. The Hall–Kier alpha value is -2.98. The largest absolute Gasteiger partial charge is 0.321 e. The van der Waals surface area contributed by atoms with Crippen molar-refractivity contribution in [2.24, 2.45) is 0 Å². The zero-order chi connectivity index (χ0) is 16.8. The van der Waals surface area contributed by atoms with Gasteiger partial charge in [-0.2, -0.15) is 0 Å². The van der Waals surface area contributed by atoms with E-state index in [-0.39, 0.29) is 5.91 Å². The zero-order valence-electron chi connectivity index (χ0n) is 13.5. The summed E-state index contributed by atoms with van der Waals surface area (Å²) < 4.78 is 0. The van der Waals surface area contributed by atoms with Crippen molar-refractivity contribution in [2.45, 2.75) is 6.54 Å². The van der Waals surface area contributed by atoms with Crippen molar-refractivity contribution in [3.8, 4) is 11.1 Å². The fourth-order valence-corrected chi connectivity index (χ4v) is 2.54.